The largest absolute Gasteiger partial charge is 0.507 e. The maximum Gasteiger partial charge on any atom is 0.330 e. The third-order valence-electron chi connectivity index (χ3n) is 5.06. The Morgan fingerprint density at radius 1 is 0.970 bits per heavy atom. The summed E-state index contributed by atoms with van der Waals surface area (Å²) in [6.45, 7) is 5.55. The Bertz CT molecular complexity index is 1200. The highest BCUT2D eigenvalue weighted by molar-refractivity contribution is 6.11. The molecule has 3 rings (SSSR count). The van der Waals surface area contributed by atoms with Crippen LogP contribution in [0.15, 0.2) is 83.5 Å². The lowest BCUT2D eigenvalue weighted by Gasteiger charge is -2.09. The molecule has 0 atom stereocenters. The van der Waals surface area contributed by atoms with E-state index in [0.717, 1.165) is 23.3 Å². The van der Waals surface area contributed by atoms with Crippen molar-refractivity contribution in [1.82, 2.24) is 0 Å². The van der Waals surface area contributed by atoms with Crippen LogP contribution in [0.5, 0.6) is 11.5 Å². The van der Waals surface area contributed by atoms with Gasteiger partial charge in [-0.25, -0.2) is 4.79 Å². The maximum atomic E-state index is 12.7. The first-order valence-corrected chi connectivity index (χ1v) is 10.4. The molecule has 0 aliphatic heterocycles. The van der Waals surface area contributed by atoms with Crippen LogP contribution < -0.4 is 0 Å². The normalized spacial score (nSPS) is 10.8. The molecular weight excluding hydrogens is 420 g/mol. The van der Waals surface area contributed by atoms with E-state index in [4.69, 9.17) is 4.74 Å². The smallest absolute Gasteiger partial charge is 0.330 e. The van der Waals surface area contributed by atoms with Gasteiger partial charge >= 0.3 is 5.97 Å². The van der Waals surface area contributed by atoms with E-state index in [0.29, 0.717) is 24.1 Å². The zero-order chi connectivity index (χ0) is 23.8. The van der Waals surface area contributed by atoms with Crippen LogP contribution in [0.3, 0.4) is 0 Å². The number of carbonyl (C=O) groups is 2. The molecule has 168 valence electrons. The molecule has 0 aliphatic rings. The fourth-order valence-corrected chi connectivity index (χ4v) is 3.22. The van der Waals surface area contributed by atoms with Gasteiger partial charge in [0.2, 0.25) is 0 Å². The molecule has 0 unspecified atom stereocenters. The number of carbonyl (C=O) groups excluding carboxylic acids is 2. The van der Waals surface area contributed by atoms with Gasteiger partial charge in [-0.3, -0.25) is 4.79 Å². The van der Waals surface area contributed by atoms with Crippen molar-refractivity contribution in [3.63, 3.8) is 0 Å². The minimum atomic E-state index is -0.451. The number of nitrogens with zero attached hydrogens (tertiary/aromatic N) is 2. The first-order valence-electron chi connectivity index (χ1n) is 10.4. The van der Waals surface area contributed by atoms with Gasteiger partial charge in [-0.05, 0) is 43.0 Å². The van der Waals surface area contributed by atoms with Gasteiger partial charge in [-0.15, -0.1) is 5.11 Å². The molecule has 0 fully saturated rings. The number of aromatic hydroxyl groups is 2. The van der Waals surface area contributed by atoms with Crippen molar-refractivity contribution in [1.29, 1.82) is 0 Å². The molecule has 0 amide bonds. The predicted octanol–water partition coefficient (Wildman–Crippen LogP) is 5.71. The summed E-state index contributed by atoms with van der Waals surface area (Å²) in [5.74, 6) is -1.47. The third-order valence-corrected chi connectivity index (χ3v) is 5.06. The molecule has 0 radical (unpaired) electrons. The second kappa shape index (κ2) is 10.9. The highest BCUT2D eigenvalue weighted by atomic mass is 16.5. The third kappa shape index (κ3) is 5.92. The first kappa shape index (κ1) is 23.4. The number of ketones is 1. The Morgan fingerprint density at radius 3 is 2.42 bits per heavy atom. The monoisotopic (exact) mass is 444 g/mol. The van der Waals surface area contributed by atoms with Crippen LogP contribution >= 0.6 is 0 Å². The minimum Gasteiger partial charge on any atom is -0.507 e. The molecule has 3 aromatic carbocycles. The van der Waals surface area contributed by atoms with Crippen LogP contribution in [0, 0.1) is 6.92 Å². The molecule has 0 saturated heterocycles. The topological polar surface area (TPSA) is 109 Å². The summed E-state index contributed by atoms with van der Waals surface area (Å²) in [4.78, 5) is 23.9. The number of hydrogen-bond donors (Lipinski definition) is 2. The number of ether oxygens (including phenoxy) is 1. The summed E-state index contributed by atoms with van der Waals surface area (Å²) in [5.41, 5.74) is 3.01. The number of hydrogen-bond acceptors (Lipinski definition) is 7. The van der Waals surface area contributed by atoms with E-state index in [-0.39, 0.29) is 35.1 Å². The van der Waals surface area contributed by atoms with Crippen molar-refractivity contribution in [2.45, 2.75) is 19.8 Å². The van der Waals surface area contributed by atoms with Gasteiger partial charge in [0.25, 0.3) is 0 Å². The van der Waals surface area contributed by atoms with Crippen molar-refractivity contribution in [3.8, 4) is 11.5 Å². The van der Waals surface area contributed by atoms with Gasteiger partial charge in [0, 0.05) is 17.7 Å². The Labute approximate surface area is 191 Å². The van der Waals surface area contributed by atoms with Gasteiger partial charge in [0.1, 0.15) is 17.2 Å². The van der Waals surface area contributed by atoms with Crippen LogP contribution in [0.4, 0.5) is 11.4 Å². The van der Waals surface area contributed by atoms with E-state index in [2.05, 4.69) is 16.8 Å². The van der Waals surface area contributed by atoms with E-state index in [1.54, 1.807) is 36.4 Å². The van der Waals surface area contributed by atoms with Crippen molar-refractivity contribution in [2.24, 2.45) is 10.2 Å². The highest BCUT2D eigenvalue weighted by Crippen LogP contribution is 2.36. The lowest BCUT2D eigenvalue weighted by atomic mass is 10.0. The predicted molar refractivity (Wildman–Crippen MR) is 124 cm³/mol. The average Bonchev–Trinajstić information content (AvgIpc) is 2.82. The highest BCUT2D eigenvalue weighted by Gasteiger charge is 2.17. The summed E-state index contributed by atoms with van der Waals surface area (Å²) in [5, 5.41) is 28.7. The van der Waals surface area contributed by atoms with Gasteiger partial charge in [-0.2, -0.15) is 5.11 Å². The SMILES string of the molecule is C=CC(=O)OCCCc1cccc(N=Nc2cc(C(=O)c3ccccc3)c(O)cc2O)c1C. The number of rotatable bonds is 9. The van der Waals surface area contributed by atoms with Crippen LogP contribution in [-0.2, 0) is 16.0 Å². The number of azo groups is 1. The summed E-state index contributed by atoms with van der Waals surface area (Å²) in [7, 11) is 0. The molecule has 0 aromatic heterocycles. The van der Waals surface area contributed by atoms with E-state index < -0.39 is 5.97 Å². The minimum absolute atomic E-state index is 0.0208. The molecule has 7 heteroatoms. The van der Waals surface area contributed by atoms with Crippen molar-refractivity contribution < 1.29 is 24.5 Å². The van der Waals surface area contributed by atoms with Crippen molar-refractivity contribution >= 4 is 23.1 Å². The summed E-state index contributed by atoms with van der Waals surface area (Å²) < 4.78 is 5.00. The summed E-state index contributed by atoms with van der Waals surface area (Å²) >= 11 is 0. The lowest BCUT2D eigenvalue weighted by molar-refractivity contribution is -0.137. The van der Waals surface area contributed by atoms with Crippen LogP contribution in [0.25, 0.3) is 0 Å². The Morgan fingerprint density at radius 2 is 1.70 bits per heavy atom. The van der Waals surface area contributed by atoms with Gasteiger partial charge < -0.3 is 14.9 Å². The molecule has 33 heavy (non-hydrogen) atoms. The maximum absolute atomic E-state index is 12.7. The van der Waals surface area contributed by atoms with Crippen molar-refractivity contribution in [3.05, 3.63) is 95.6 Å². The van der Waals surface area contributed by atoms with Gasteiger partial charge in [0.15, 0.2) is 5.78 Å². The molecule has 2 N–H and O–H groups in total. The molecule has 3 aromatic rings. The first-order chi connectivity index (χ1) is 15.9. The molecule has 7 nitrogen and oxygen atoms in total. The van der Waals surface area contributed by atoms with Crippen LogP contribution in [0.1, 0.15) is 33.5 Å². The second-order valence-corrected chi connectivity index (χ2v) is 7.29. The Balaban J connectivity index is 1.80. The number of phenols is 2. The molecule has 0 aliphatic carbocycles. The van der Waals surface area contributed by atoms with Crippen LogP contribution in [0.2, 0.25) is 0 Å². The van der Waals surface area contributed by atoms with E-state index in [1.807, 2.05) is 19.1 Å². The van der Waals surface area contributed by atoms with E-state index in [9.17, 15) is 19.8 Å². The molecular formula is C26H24N2O5. The zero-order valence-corrected chi connectivity index (χ0v) is 18.2. The number of esters is 1. The molecule has 0 spiro atoms. The van der Waals surface area contributed by atoms with Gasteiger partial charge in [-0.1, -0.05) is 49.0 Å². The van der Waals surface area contributed by atoms with Crippen LogP contribution in [-0.4, -0.2) is 28.6 Å². The van der Waals surface area contributed by atoms with E-state index in [1.165, 1.54) is 6.07 Å². The summed E-state index contributed by atoms with van der Waals surface area (Å²) in [6.07, 6.45) is 2.45. The van der Waals surface area contributed by atoms with E-state index >= 15 is 0 Å². The quantitative estimate of drug-likeness (QED) is 0.144. The van der Waals surface area contributed by atoms with Gasteiger partial charge in [0.05, 0.1) is 17.9 Å². The second-order valence-electron chi connectivity index (χ2n) is 7.29. The Kier molecular flexibility index (Phi) is 7.70. The van der Waals surface area contributed by atoms with Crippen molar-refractivity contribution in [2.75, 3.05) is 6.61 Å². The lowest BCUT2D eigenvalue weighted by Crippen LogP contribution is -2.03. The molecule has 0 saturated carbocycles. The number of benzene rings is 3. The number of aryl methyl sites for hydroxylation is 1. The fourth-order valence-electron chi connectivity index (χ4n) is 3.22. The fraction of sp³-hybridized carbons (Fsp3) is 0.154. The Hall–Kier alpha value is -4.26. The molecule has 0 bridgehead atoms. The molecule has 0 heterocycles. The zero-order valence-electron chi connectivity index (χ0n) is 18.2. The average molecular weight is 444 g/mol. The number of phenolic OH excluding ortho intramolecular Hbond substituents is 2. The standard InChI is InChI=1S/C26H24N2O5/c1-3-25(31)33-14-8-12-18-11-7-13-21(17(18)2)27-28-22-15-20(23(29)16-24(22)30)26(32)19-9-5-4-6-10-19/h3-7,9-11,13,15-16,29-30H,1,8,12,14H2,2H3. The summed E-state index contributed by atoms with van der Waals surface area (Å²) in [6, 6.07) is 16.5.